The molecule has 2 aromatic rings. The van der Waals surface area contributed by atoms with Gasteiger partial charge in [0, 0.05) is 36.5 Å². The lowest BCUT2D eigenvalue weighted by Gasteiger charge is -2.55. The summed E-state index contributed by atoms with van der Waals surface area (Å²) in [5.74, 6) is 0.484. The summed E-state index contributed by atoms with van der Waals surface area (Å²) in [6, 6.07) is 10.5. The van der Waals surface area contributed by atoms with E-state index in [1.54, 1.807) is 0 Å². The molecule has 1 fully saturated rings. The van der Waals surface area contributed by atoms with Crippen molar-refractivity contribution in [2.45, 2.75) is 39.2 Å². The van der Waals surface area contributed by atoms with Crippen molar-refractivity contribution in [2.24, 2.45) is 5.41 Å². The minimum Gasteiger partial charge on any atom is -0.380 e. The molecule has 0 aliphatic carbocycles. The van der Waals surface area contributed by atoms with Crippen molar-refractivity contribution < 1.29 is 5.11 Å². The van der Waals surface area contributed by atoms with Crippen LogP contribution in [0.1, 0.15) is 48.9 Å². The minimum atomic E-state index is -1.03. The summed E-state index contributed by atoms with van der Waals surface area (Å²) in [7, 11) is 2.10. The van der Waals surface area contributed by atoms with Gasteiger partial charge in [-0.15, -0.1) is 0 Å². The summed E-state index contributed by atoms with van der Waals surface area (Å²) >= 11 is 0. The Balaban J connectivity index is 2.12. The van der Waals surface area contributed by atoms with E-state index < -0.39 is 5.60 Å². The molecular formula is C21H28N2O. The zero-order valence-electron chi connectivity index (χ0n) is 15.4. The number of aryl methyl sites for hydroxylation is 1. The monoisotopic (exact) mass is 324 g/mol. The van der Waals surface area contributed by atoms with E-state index in [9.17, 15) is 5.11 Å². The van der Waals surface area contributed by atoms with Gasteiger partial charge in [-0.3, -0.25) is 4.98 Å². The molecule has 0 radical (unpaired) electrons. The molecule has 1 aliphatic heterocycles. The van der Waals surface area contributed by atoms with Gasteiger partial charge < -0.3 is 10.0 Å². The Labute approximate surface area is 145 Å². The molecule has 0 spiro atoms. The second kappa shape index (κ2) is 5.98. The van der Waals surface area contributed by atoms with Crippen molar-refractivity contribution in [3.63, 3.8) is 0 Å². The molecule has 1 aromatic heterocycles. The molecule has 128 valence electrons. The van der Waals surface area contributed by atoms with Crippen molar-refractivity contribution in [3.8, 4) is 0 Å². The van der Waals surface area contributed by atoms with Gasteiger partial charge in [0.1, 0.15) is 5.60 Å². The van der Waals surface area contributed by atoms with E-state index in [0.29, 0.717) is 5.92 Å². The quantitative estimate of drug-likeness (QED) is 0.931. The van der Waals surface area contributed by atoms with Gasteiger partial charge >= 0.3 is 0 Å². The highest BCUT2D eigenvalue weighted by molar-refractivity contribution is 5.41. The molecule has 3 heteroatoms. The van der Waals surface area contributed by atoms with Gasteiger partial charge in [0.15, 0.2) is 0 Å². The Hall–Kier alpha value is -1.71. The normalized spacial score (nSPS) is 19.8. The lowest BCUT2D eigenvalue weighted by atomic mass is 9.62. The molecule has 24 heavy (non-hydrogen) atoms. The first-order valence-corrected chi connectivity index (χ1v) is 8.70. The van der Waals surface area contributed by atoms with Gasteiger partial charge in [0.2, 0.25) is 0 Å². The number of aromatic nitrogens is 1. The number of likely N-dealkylation sites (tertiary alicyclic amines) is 1. The fourth-order valence-corrected chi connectivity index (χ4v) is 4.10. The predicted octanol–water partition coefficient (Wildman–Crippen LogP) is 3.70. The average molecular weight is 324 g/mol. The molecule has 0 amide bonds. The van der Waals surface area contributed by atoms with Crippen molar-refractivity contribution in [2.75, 3.05) is 20.1 Å². The summed E-state index contributed by atoms with van der Waals surface area (Å²) in [6.45, 7) is 10.3. The largest absolute Gasteiger partial charge is 0.380 e. The highest BCUT2D eigenvalue weighted by atomic mass is 16.3. The summed E-state index contributed by atoms with van der Waals surface area (Å²) in [4.78, 5) is 6.59. The molecular weight excluding hydrogens is 296 g/mol. The van der Waals surface area contributed by atoms with E-state index in [-0.39, 0.29) is 5.41 Å². The predicted molar refractivity (Wildman–Crippen MR) is 98.1 cm³/mol. The standard InChI is InChI=1S/C21H28N2O/c1-15(2)17-6-8-18(9-7-17)21(24,20(4)13-23(5)14-20)19-10-16(3)11-22-12-19/h6-12,15,24H,13-14H2,1-5H3. The number of nitrogens with zero attached hydrogens (tertiary/aromatic N) is 2. The Morgan fingerprint density at radius 3 is 2.25 bits per heavy atom. The maximum atomic E-state index is 11.9. The first-order chi connectivity index (χ1) is 11.3. The molecule has 3 rings (SSSR count). The molecule has 1 unspecified atom stereocenters. The topological polar surface area (TPSA) is 36.4 Å². The van der Waals surface area contributed by atoms with Gasteiger partial charge in [-0.05, 0) is 42.6 Å². The number of aliphatic hydroxyl groups is 1. The highest BCUT2D eigenvalue weighted by Crippen LogP contribution is 2.50. The van der Waals surface area contributed by atoms with E-state index >= 15 is 0 Å². The molecule has 1 aliphatic rings. The maximum Gasteiger partial charge on any atom is 0.124 e. The van der Waals surface area contributed by atoms with Crippen LogP contribution >= 0.6 is 0 Å². The first kappa shape index (κ1) is 17.1. The van der Waals surface area contributed by atoms with Gasteiger partial charge in [0.05, 0.1) is 0 Å². The van der Waals surface area contributed by atoms with Crippen LogP contribution in [0.4, 0.5) is 0 Å². The molecule has 1 aromatic carbocycles. The number of hydrogen-bond acceptors (Lipinski definition) is 3. The summed E-state index contributed by atoms with van der Waals surface area (Å²) in [5.41, 5.74) is 2.94. The fraction of sp³-hybridized carbons (Fsp3) is 0.476. The Morgan fingerprint density at radius 1 is 1.12 bits per heavy atom. The van der Waals surface area contributed by atoms with Crippen molar-refractivity contribution in [1.29, 1.82) is 0 Å². The van der Waals surface area contributed by atoms with E-state index in [1.165, 1.54) is 5.56 Å². The zero-order chi connectivity index (χ0) is 17.5. The van der Waals surface area contributed by atoms with Crippen LogP contribution in [0, 0.1) is 12.3 Å². The van der Waals surface area contributed by atoms with E-state index in [4.69, 9.17) is 0 Å². The van der Waals surface area contributed by atoms with Gasteiger partial charge in [-0.25, -0.2) is 0 Å². The van der Waals surface area contributed by atoms with Crippen LogP contribution in [0.5, 0.6) is 0 Å². The maximum absolute atomic E-state index is 11.9. The van der Waals surface area contributed by atoms with Crippen LogP contribution in [-0.2, 0) is 5.60 Å². The number of benzene rings is 1. The Morgan fingerprint density at radius 2 is 1.75 bits per heavy atom. The SMILES string of the molecule is Cc1cncc(C(O)(c2ccc(C(C)C)cc2)C2(C)CN(C)C2)c1. The van der Waals surface area contributed by atoms with Crippen LogP contribution in [0.2, 0.25) is 0 Å². The minimum absolute atomic E-state index is 0.226. The summed E-state index contributed by atoms with van der Waals surface area (Å²) in [6.07, 6.45) is 3.65. The summed E-state index contributed by atoms with van der Waals surface area (Å²) < 4.78 is 0. The highest BCUT2D eigenvalue weighted by Gasteiger charge is 2.55. The van der Waals surface area contributed by atoms with E-state index in [2.05, 4.69) is 68.0 Å². The van der Waals surface area contributed by atoms with Gasteiger partial charge in [-0.1, -0.05) is 45.0 Å². The smallest absolute Gasteiger partial charge is 0.124 e. The molecule has 0 bridgehead atoms. The Bertz CT molecular complexity index is 717. The molecule has 1 N–H and O–H groups in total. The third-order valence-corrected chi connectivity index (χ3v) is 5.40. The van der Waals surface area contributed by atoms with Crippen LogP contribution in [0.3, 0.4) is 0 Å². The second-order valence-corrected chi connectivity index (χ2v) is 7.97. The van der Waals surface area contributed by atoms with Gasteiger partial charge in [0.25, 0.3) is 0 Å². The van der Waals surface area contributed by atoms with Crippen LogP contribution < -0.4 is 0 Å². The average Bonchev–Trinajstić information content (AvgIpc) is 2.52. The lowest BCUT2D eigenvalue weighted by molar-refractivity contribution is -0.127. The molecule has 1 saturated heterocycles. The molecule has 1 atom stereocenters. The van der Waals surface area contributed by atoms with Crippen LogP contribution in [-0.4, -0.2) is 35.1 Å². The third-order valence-electron chi connectivity index (χ3n) is 5.40. The van der Waals surface area contributed by atoms with Crippen molar-refractivity contribution in [3.05, 3.63) is 65.0 Å². The Kier molecular flexibility index (Phi) is 4.27. The van der Waals surface area contributed by atoms with Crippen LogP contribution in [0.15, 0.2) is 42.7 Å². The van der Waals surface area contributed by atoms with Crippen molar-refractivity contribution in [1.82, 2.24) is 9.88 Å². The fourth-order valence-electron chi connectivity index (χ4n) is 4.10. The number of pyridine rings is 1. The molecule has 0 saturated carbocycles. The van der Waals surface area contributed by atoms with Crippen LogP contribution in [0.25, 0.3) is 0 Å². The molecule has 2 heterocycles. The number of rotatable bonds is 4. The summed E-state index contributed by atoms with van der Waals surface area (Å²) in [5, 5.41) is 11.9. The number of hydrogen-bond donors (Lipinski definition) is 1. The zero-order valence-corrected chi connectivity index (χ0v) is 15.4. The van der Waals surface area contributed by atoms with Gasteiger partial charge in [-0.2, -0.15) is 0 Å². The molecule has 3 nitrogen and oxygen atoms in total. The second-order valence-electron chi connectivity index (χ2n) is 7.97. The van der Waals surface area contributed by atoms with Crippen molar-refractivity contribution >= 4 is 0 Å². The van der Waals surface area contributed by atoms with E-state index in [0.717, 1.165) is 29.8 Å². The third kappa shape index (κ3) is 2.66. The lowest BCUT2D eigenvalue weighted by Crippen LogP contribution is -2.63. The van der Waals surface area contributed by atoms with E-state index in [1.807, 2.05) is 19.3 Å². The first-order valence-electron chi connectivity index (χ1n) is 8.70.